The van der Waals surface area contributed by atoms with E-state index in [9.17, 15) is 9.59 Å². The topological polar surface area (TPSA) is 90.0 Å². The first kappa shape index (κ1) is 19.5. The molecule has 1 amide bonds. The van der Waals surface area contributed by atoms with Crippen molar-refractivity contribution < 1.29 is 9.32 Å². The van der Waals surface area contributed by atoms with Crippen molar-refractivity contribution in [2.45, 2.75) is 46.2 Å². The van der Waals surface area contributed by atoms with E-state index in [2.05, 4.69) is 15.5 Å². The van der Waals surface area contributed by atoms with Crippen molar-refractivity contribution in [3.05, 3.63) is 70.0 Å². The van der Waals surface area contributed by atoms with Crippen LogP contribution in [0.4, 0.5) is 0 Å². The van der Waals surface area contributed by atoms with Crippen molar-refractivity contribution in [2.24, 2.45) is 0 Å². The van der Waals surface area contributed by atoms with Gasteiger partial charge in [0.25, 0.3) is 5.56 Å². The average molecular weight is 380 g/mol. The van der Waals surface area contributed by atoms with Crippen molar-refractivity contribution in [1.82, 2.24) is 20.0 Å². The van der Waals surface area contributed by atoms with Gasteiger partial charge in [-0.05, 0) is 31.0 Å². The summed E-state index contributed by atoms with van der Waals surface area (Å²) in [6, 6.07) is 13.3. The van der Waals surface area contributed by atoms with E-state index in [1.165, 1.54) is 0 Å². The summed E-state index contributed by atoms with van der Waals surface area (Å²) in [5.41, 5.74) is 2.21. The van der Waals surface area contributed by atoms with E-state index in [0.717, 1.165) is 17.7 Å². The second-order valence-electron chi connectivity index (χ2n) is 6.62. The summed E-state index contributed by atoms with van der Waals surface area (Å²) >= 11 is 0. The molecule has 3 aromatic rings. The van der Waals surface area contributed by atoms with Crippen LogP contribution in [0.15, 0.2) is 51.8 Å². The fraction of sp³-hybridized carbons (Fsp3) is 0.333. The molecule has 2 aromatic heterocycles. The molecule has 0 radical (unpaired) electrons. The highest BCUT2D eigenvalue weighted by atomic mass is 16.5. The molecule has 1 aromatic carbocycles. The zero-order chi connectivity index (χ0) is 19.9. The van der Waals surface area contributed by atoms with Crippen molar-refractivity contribution in [3.63, 3.8) is 0 Å². The Morgan fingerprint density at radius 2 is 1.96 bits per heavy atom. The molecule has 7 heteroatoms. The van der Waals surface area contributed by atoms with Gasteiger partial charge in [0.1, 0.15) is 0 Å². The van der Waals surface area contributed by atoms with Gasteiger partial charge in [-0.15, -0.1) is 0 Å². The van der Waals surface area contributed by atoms with Crippen LogP contribution in [0.3, 0.4) is 0 Å². The lowest BCUT2D eigenvalue weighted by atomic mass is 10.2. The number of hydrogen-bond acceptors (Lipinski definition) is 5. The fourth-order valence-electron chi connectivity index (χ4n) is 2.91. The lowest BCUT2D eigenvalue weighted by Crippen LogP contribution is -2.23. The standard InChI is InChI=1S/C21H24N4O3/c1-3-13-25-15(2)9-10-17(21(25)27)20-23-19(28-24-20)12-11-18(26)22-14-16-7-5-4-6-8-16/h4-10H,3,11-14H2,1-2H3,(H,22,26). The van der Waals surface area contributed by atoms with Gasteiger partial charge in [-0.1, -0.05) is 42.4 Å². The zero-order valence-corrected chi connectivity index (χ0v) is 16.1. The molecule has 0 aliphatic heterocycles. The number of amides is 1. The summed E-state index contributed by atoms with van der Waals surface area (Å²) in [5.74, 6) is 0.505. The Morgan fingerprint density at radius 1 is 1.18 bits per heavy atom. The number of hydrogen-bond donors (Lipinski definition) is 1. The highest BCUT2D eigenvalue weighted by Gasteiger charge is 2.15. The molecule has 3 rings (SSSR count). The van der Waals surface area contributed by atoms with Crippen molar-refractivity contribution >= 4 is 5.91 Å². The zero-order valence-electron chi connectivity index (χ0n) is 16.1. The molecular formula is C21H24N4O3. The van der Waals surface area contributed by atoms with E-state index in [-0.39, 0.29) is 23.7 Å². The van der Waals surface area contributed by atoms with Crippen LogP contribution in [0.25, 0.3) is 11.4 Å². The van der Waals surface area contributed by atoms with Crippen molar-refractivity contribution in [1.29, 1.82) is 0 Å². The monoisotopic (exact) mass is 380 g/mol. The summed E-state index contributed by atoms with van der Waals surface area (Å²) in [7, 11) is 0. The maximum atomic E-state index is 12.7. The van der Waals surface area contributed by atoms with Crippen molar-refractivity contribution in [3.8, 4) is 11.4 Å². The van der Waals surface area contributed by atoms with Crippen LogP contribution in [-0.4, -0.2) is 20.6 Å². The maximum Gasteiger partial charge on any atom is 0.261 e. The van der Waals surface area contributed by atoms with E-state index >= 15 is 0 Å². The first-order valence-electron chi connectivity index (χ1n) is 9.42. The smallest absolute Gasteiger partial charge is 0.261 e. The van der Waals surface area contributed by atoms with Gasteiger partial charge in [-0.25, -0.2) is 0 Å². The molecule has 0 aliphatic carbocycles. The van der Waals surface area contributed by atoms with E-state index in [1.54, 1.807) is 10.6 Å². The van der Waals surface area contributed by atoms with E-state index in [0.29, 0.717) is 31.0 Å². The van der Waals surface area contributed by atoms with E-state index < -0.39 is 0 Å². The predicted molar refractivity (Wildman–Crippen MR) is 106 cm³/mol. The first-order chi connectivity index (χ1) is 13.6. The normalized spacial score (nSPS) is 10.8. The van der Waals surface area contributed by atoms with Crippen LogP contribution >= 0.6 is 0 Å². The number of aromatic nitrogens is 3. The van der Waals surface area contributed by atoms with Gasteiger partial charge in [-0.2, -0.15) is 4.98 Å². The number of carbonyl (C=O) groups excluding carboxylic acids is 1. The lowest BCUT2D eigenvalue weighted by molar-refractivity contribution is -0.121. The molecular weight excluding hydrogens is 356 g/mol. The van der Waals surface area contributed by atoms with Gasteiger partial charge in [-0.3, -0.25) is 9.59 Å². The van der Waals surface area contributed by atoms with Crippen LogP contribution < -0.4 is 10.9 Å². The summed E-state index contributed by atoms with van der Waals surface area (Å²) in [4.78, 5) is 29.0. The Morgan fingerprint density at radius 3 is 2.71 bits per heavy atom. The van der Waals surface area contributed by atoms with Gasteiger partial charge in [0.2, 0.25) is 17.6 Å². The molecule has 28 heavy (non-hydrogen) atoms. The largest absolute Gasteiger partial charge is 0.352 e. The molecule has 0 spiro atoms. The molecule has 0 saturated heterocycles. The summed E-state index contributed by atoms with van der Waals surface area (Å²) in [6.07, 6.45) is 1.42. The number of nitrogens with one attached hydrogen (secondary N) is 1. The van der Waals surface area contributed by atoms with Crippen LogP contribution in [0, 0.1) is 6.92 Å². The van der Waals surface area contributed by atoms with Crippen LogP contribution in [0.2, 0.25) is 0 Å². The van der Waals surface area contributed by atoms with E-state index in [4.69, 9.17) is 4.52 Å². The molecule has 0 saturated carbocycles. The summed E-state index contributed by atoms with van der Waals surface area (Å²) in [6.45, 7) is 5.05. The van der Waals surface area contributed by atoms with E-state index in [1.807, 2.05) is 50.2 Å². The number of nitrogens with zero attached hydrogens (tertiary/aromatic N) is 3. The van der Waals surface area contributed by atoms with Gasteiger partial charge in [0, 0.05) is 31.6 Å². The molecule has 0 aliphatic rings. The molecule has 2 heterocycles. The minimum absolute atomic E-state index is 0.0933. The summed E-state index contributed by atoms with van der Waals surface area (Å²) in [5, 5.41) is 6.78. The maximum absolute atomic E-state index is 12.7. The molecule has 0 fully saturated rings. The number of carbonyl (C=O) groups is 1. The number of rotatable bonds is 8. The number of aryl methyl sites for hydroxylation is 2. The van der Waals surface area contributed by atoms with Gasteiger partial charge in [0.05, 0.1) is 5.56 Å². The molecule has 7 nitrogen and oxygen atoms in total. The average Bonchev–Trinajstić information content (AvgIpc) is 3.17. The minimum atomic E-state index is -0.130. The van der Waals surface area contributed by atoms with Crippen molar-refractivity contribution in [2.75, 3.05) is 0 Å². The highest BCUT2D eigenvalue weighted by molar-refractivity contribution is 5.76. The fourth-order valence-corrected chi connectivity index (χ4v) is 2.91. The quantitative estimate of drug-likeness (QED) is 0.649. The second kappa shape index (κ2) is 9.12. The Hall–Kier alpha value is -3.22. The Kier molecular flexibility index (Phi) is 6.37. The highest BCUT2D eigenvalue weighted by Crippen LogP contribution is 2.13. The number of pyridine rings is 1. The van der Waals surface area contributed by atoms with Gasteiger partial charge < -0.3 is 14.4 Å². The van der Waals surface area contributed by atoms with Gasteiger partial charge in [0.15, 0.2) is 0 Å². The minimum Gasteiger partial charge on any atom is -0.352 e. The van der Waals surface area contributed by atoms with Crippen LogP contribution in [0.5, 0.6) is 0 Å². The summed E-state index contributed by atoms with van der Waals surface area (Å²) < 4.78 is 6.94. The molecule has 146 valence electrons. The number of benzene rings is 1. The third-order valence-electron chi connectivity index (χ3n) is 4.45. The first-order valence-corrected chi connectivity index (χ1v) is 9.42. The van der Waals surface area contributed by atoms with Crippen LogP contribution in [-0.2, 0) is 24.3 Å². The Balaban J connectivity index is 1.61. The van der Waals surface area contributed by atoms with Gasteiger partial charge >= 0.3 is 0 Å². The molecule has 0 bridgehead atoms. The SMILES string of the molecule is CCCn1c(C)ccc(-c2noc(CCC(=O)NCc3ccccc3)n2)c1=O. The third-order valence-corrected chi connectivity index (χ3v) is 4.45. The Labute approximate surface area is 163 Å². The predicted octanol–water partition coefficient (Wildman–Crippen LogP) is 2.87. The molecule has 1 N–H and O–H groups in total. The third kappa shape index (κ3) is 4.73. The molecule has 0 unspecified atom stereocenters. The second-order valence-corrected chi connectivity index (χ2v) is 6.62. The molecule has 0 atom stereocenters. The Bertz CT molecular complexity index is 992. The lowest BCUT2D eigenvalue weighted by Gasteiger charge is -2.09. The van der Waals surface area contributed by atoms with Crippen LogP contribution in [0.1, 0.15) is 36.9 Å².